The molecule has 0 amide bonds. The third kappa shape index (κ3) is 3.59. The summed E-state index contributed by atoms with van der Waals surface area (Å²) in [6.45, 7) is 6.51. The fourth-order valence-corrected chi connectivity index (χ4v) is 2.52. The van der Waals surface area contributed by atoms with Crippen molar-refractivity contribution in [2.45, 2.75) is 26.2 Å². The first-order valence-corrected chi connectivity index (χ1v) is 8.10. The molecule has 3 aromatic rings. The van der Waals surface area contributed by atoms with Gasteiger partial charge in [-0.25, -0.2) is 0 Å². The van der Waals surface area contributed by atoms with Crippen LogP contribution in [0.2, 0.25) is 0 Å². The average Bonchev–Trinajstić information content (AvgIpc) is 2.60. The molecule has 2 aromatic carbocycles. The molecule has 0 aliphatic heterocycles. The van der Waals surface area contributed by atoms with Crippen LogP contribution in [0.1, 0.15) is 37.5 Å². The first kappa shape index (κ1) is 16.9. The van der Waals surface area contributed by atoms with Crippen LogP contribution in [0.4, 0.5) is 0 Å². The van der Waals surface area contributed by atoms with Crippen LogP contribution < -0.4 is 10.2 Å². The van der Waals surface area contributed by atoms with Gasteiger partial charge in [0, 0.05) is 11.6 Å². The summed E-state index contributed by atoms with van der Waals surface area (Å²) in [6.07, 6.45) is 1.40. The van der Waals surface area contributed by atoms with Gasteiger partial charge in [-0.1, -0.05) is 44.7 Å². The molecule has 0 N–H and O–H groups in total. The maximum atomic E-state index is 12.5. The summed E-state index contributed by atoms with van der Waals surface area (Å²) in [6, 6.07) is 13.2. The van der Waals surface area contributed by atoms with E-state index in [1.54, 1.807) is 25.3 Å². The summed E-state index contributed by atoms with van der Waals surface area (Å²) < 4.78 is 10.7. The number of hydrogen-bond acceptors (Lipinski definition) is 3. The zero-order valence-corrected chi connectivity index (χ0v) is 14.8. The summed E-state index contributed by atoms with van der Waals surface area (Å²) >= 11 is 0. The van der Waals surface area contributed by atoms with E-state index in [1.807, 2.05) is 12.1 Å². The smallest absolute Gasteiger partial charge is 0.208 e. The van der Waals surface area contributed by atoms with E-state index >= 15 is 0 Å². The molecule has 1 aromatic heterocycles. The number of rotatable bonds is 1. The molecule has 0 radical (unpaired) electrons. The molecule has 3 heteroatoms. The van der Waals surface area contributed by atoms with Gasteiger partial charge in [-0.15, -0.1) is 0 Å². The molecular weight excluding hydrogens is 312 g/mol. The lowest BCUT2D eigenvalue weighted by Crippen LogP contribution is -2.10. The molecule has 0 fully saturated rings. The minimum absolute atomic E-state index is 0.104. The van der Waals surface area contributed by atoms with Gasteiger partial charge in [0.1, 0.15) is 23.2 Å². The van der Waals surface area contributed by atoms with E-state index in [4.69, 9.17) is 9.15 Å². The van der Waals surface area contributed by atoms with Gasteiger partial charge in [0.25, 0.3) is 0 Å². The number of methoxy groups -OCH3 is 1. The summed E-state index contributed by atoms with van der Waals surface area (Å²) in [7, 11) is 1.57. The normalized spacial score (nSPS) is 11.0. The molecule has 1 heterocycles. The number of benzene rings is 2. The predicted octanol–water partition coefficient (Wildman–Crippen LogP) is 4.50. The molecule has 0 aliphatic rings. The van der Waals surface area contributed by atoms with Gasteiger partial charge in [-0.2, -0.15) is 0 Å². The Hall–Kier alpha value is -2.99. The van der Waals surface area contributed by atoms with E-state index in [1.165, 1.54) is 11.8 Å². The quantitative estimate of drug-likeness (QED) is 0.616. The van der Waals surface area contributed by atoms with Gasteiger partial charge in [0.15, 0.2) is 0 Å². The molecule has 3 rings (SSSR count). The van der Waals surface area contributed by atoms with E-state index in [-0.39, 0.29) is 10.8 Å². The van der Waals surface area contributed by atoms with Crippen molar-refractivity contribution in [3.05, 3.63) is 75.6 Å². The summed E-state index contributed by atoms with van der Waals surface area (Å²) in [4.78, 5) is 12.5. The van der Waals surface area contributed by atoms with E-state index in [9.17, 15) is 4.79 Å². The molecule has 0 saturated heterocycles. The van der Waals surface area contributed by atoms with Gasteiger partial charge in [0.2, 0.25) is 5.43 Å². The van der Waals surface area contributed by atoms with E-state index in [2.05, 4.69) is 44.7 Å². The third-order valence-corrected chi connectivity index (χ3v) is 4.07. The third-order valence-electron chi connectivity index (χ3n) is 4.07. The fourth-order valence-electron chi connectivity index (χ4n) is 2.52. The van der Waals surface area contributed by atoms with Crippen LogP contribution in [0.3, 0.4) is 0 Å². The second-order valence-electron chi connectivity index (χ2n) is 6.92. The lowest BCUT2D eigenvalue weighted by molar-refractivity contribution is 0.414. The van der Waals surface area contributed by atoms with Crippen molar-refractivity contribution in [1.29, 1.82) is 0 Å². The number of ether oxygens (including phenoxy) is 1. The molecule has 0 spiro atoms. The first-order chi connectivity index (χ1) is 11.9. The monoisotopic (exact) mass is 332 g/mol. The molecule has 0 saturated carbocycles. The standard InChI is InChI=1S/C22H20O3/c1-22(2,3)17-9-6-15(7-10-17)5-8-16-14-25-20-13-18(24-4)11-12-19(20)21(16)23/h6-7,9-14H,1-4H3. The maximum absolute atomic E-state index is 12.5. The predicted molar refractivity (Wildman–Crippen MR) is 100 cm³/mol. The van der Waals surface area contributed by atoms with Gasteiger partial charge in [-0.05, 0) is 35.2 Å². The highest BCUT2D eigenvalue weighted by Gasteiger charge is 2.12. The Morgan fingerprint density at radius 2 is 1.72 bits per heavy atom. The maximum Gasteiger partial charge on any atom is 0.208 e. The summed E-state index contributed by atoms with van der Waals surface area (Å²) in [5, 5.41) is 0.496. The van der Waals surface area contributed by atoms with Gasteiger partial charge in [0.05, 0.1) is 12.5 Å². The van der Waals surface area contributed by atoms with Crippen molar-refractivity contribution in [2.24, 2.45) is 0 Å². The fraction of sp³-hybridized carbons (Fsp3) is 0.227. The van der Waals surface area contributed by atoms with Crippen molar-refractivity contribution in [2.75, 3.05) is 7.11 Å². The lowest BCUT2D eigenvalue weighted by atomic mass is 9.87. The Balaban J connectivity index is 1.95. The zero-order valence-electron chi connectivity index (χ0n) is 14.8. The van der Waals surface area contributed by atoms with Crippen LogP contribution in [-0.4, -0.2) is 7.11 Å². The number of fused-ring (bicyclic) bond motifs is 1. The van der Waals surface area contributed by atoms with Crippen LogP contribution in [0.15, 0.2) is 57.9 Å². The minimum atomic E-state index is -0.136. The van der Waals surface area contributed by atoms with Crippen molar-refractivity contribution >= 4 is 11.0 Å². The summed E-state index contributed by atoms with van der Waals surface area (Å²) in [5.74, 6) is 6.60. The van der Waals surface area contributed by atoms with Crippen molar-refractivity contribution in [3.8, 4) is 17.6 Å². The molecule has 3 nitrogen and oxygen atoms in total. The lowest BCUT2D eigenvalue weighted by Gasteiger charge is -2.18. The number of hydrogen-bond donors (Lipinski definition) is 0. The Labute approximate surface area is 147 Å². The van der Waals surface area contributed by atoms with E-state index in [0.29, 0.717) is 22.3 Å². The molecule has 25 heavy (non-hydrogen) atoms. The van der Waals surface area contributed by atoms with Gasteiger partial charge >= 0.3 is 0 Å². The van der Waals surface area contributed by atoms with E-state index in [0.717, 1.165) is 5.56 Å². The second-order valence-corrected chi connectivity index (χ2v) is 6.92. The Morgan fingerprint density at radius 1 is 1.00 bits per heavy atom. The molecule has 126 valence electrons. The zero-order chi connectivity index (χ0) is 18.0. The highest BCUT2D eigenvalue weighted by Crippen LogP contribution is 2.22. The minimum Gasteiger partial charge on any atom is -0.497 e. The van der Waals surface area contributed by atoms with Crippen molar-refractivity contribution in [3.63, 3.8) is 0 Å². The highest BCUT2D eigenvalue weighted by molar-refractivity contribution is 5.79. The molecule has 0 unspecified atom stereocenters. The van der Waals surface area contributed by atoms with E-state index < -0.39 is 0 Å². The second kappa shape index (κ2) is 6.49. The van der Waals surface area contributed by atoms with Gasteiger partial charge in [-0.3, -0.25) is 4.79 Å². The Bertz CT molecular complexity index is 1020. The van der Waals surface area contributed by atoms with Crippen LogP contribution in [-0.2, 0) is 5.41 Å². The molecular formula is C22H20O3. The average molecular weight is 332 g/mol. The Kier molecular flexibility index (Phi) is 4.37. The van der Waals surface area contributed by atoms with Crippen molar-refractivity contribution in [1.82, 2.24) is 0 Å². The van der Waals surface area contributed by atoms with Gasteiger partial charge < -0.3 is 9.15 Å². The first-order valence-electron chi connectivity index (χ1n) is 8.10. The van der Waals surface area contributed by atoms with Crippen LogP contribution in [0.5, 0.6) is 5.75 Å². The van der Waals surface area contributed by atoms with Crippen LogP contribution in [0, 0.1) is 11.8 Å². The molecule has 0 atom stereocenters. The topological polar surface area (TPSA) is 39.4 Å². The highest BCUT2D eigenvalue weighted by atomic mass is 16.5. The largest absolute Gasteiger partial charge is 0.497 e. The summed E-state index contributed by atoms with van der Waals surface area (Å²) in [5.41, 5.74) is 2.91. The van der Waals surface area contributed by atoms with Crippen LogP contribution >= 0.6 is 0 Å². The Morgan fingerprint density at radius 3 is 2.36 bits per heavy atom. The van der Waals surface area contributed by atoms with Crippen molar-refractivity contribution < 1.29 is 9.15 Å². The SMILES string of the molecule is COc1ccc2c(=O)c(C#Cc3ccc(C(C)(C)C)cc3)coc2c1. The van der Waals surface area contributed by atoms with Crippen LogP contribution in [0.25, 0.3) is 11.0 Å². The molecule has 0 aliphatic carbocycles. The molecule has 0 bridgehead atoms.